The van der Waals surface area contributed by atoms with E-state index in [0.29, 0.717) is 5.75 Å². The van der Waals surface area contributed by atoms with E-state index in [0.717, 1.165) is 19.3 Å². The third kappa shape index (κ3) is 5.55. The van der Waals surface area contributed by atoms with Gasteiger partial charge in [-0.25, -0.2) is 13.1 Å². The SMILES string of the molecule is CCCCCCC(C)NS(=O)(=O)c1ccc(OC)cc1N. The number of nitrogen functional groups attached to an aromatic ring is 1. The fourth-order valence-electron chi connectivity index (χ4n) is 2.16. The van der Waals surface area contributed by atoms with E-state index in [2.05, 4.69) is 11.6 Å². The predicted molar refractivity (Wildman–Crippen MR) is 85.9 cm³/mol. The highest BCUT2D eigenvalue weighted by molar-refractivity contribution is 7.89. The first-order valence-corrected chi connectivity index (χ1v) is 8.85. The van der Waals surface area contributed by atoms with Gasteiger partial charge in [0.25, 0.3) is 0 Å². The molecule has 3 N–H and O–H groups in total. The summed E-state index contributed by atoms with van der Waals surface area (Å²) >= 11 is 0. The molecular weight excluding hydrogens is 288 g/mol. The van der Waals surface area contributed by atoms with Crippen molar-refractivity contribution in [3.63, 3.8) is 0 Å². The molecule has 0 fully saturated rings. The van der Waals surface area contributed by atoms with Crippen LogP contribution in [-0.2, 0) is 10.0 Å². The van der Waals surface area contributed by atoms with Gasteiger partial charge in [0.15, 0.2) is 0 Å². The van der Waals surface area contributed by atoms with Crippen LogP contribution in [0.5, 0.6) is 5.75 Å². The summed E-state index contributed by atoms with van der Waals surface area (Å²) in [6, 6.07) is 4.48. The third-order valence-corrected chi connectivity index (χ3v) is 5.02. The number of nitrogens with one attached hydrogen (secondary N) is 1. The highest BCUT2D eigenvalue weighted by Crippen LogP contribution is 2.24. The smallest absolute Gasteiger partial charge is 0.242 e. The average molecular weight is 314 g/mol. The molecule has 0 saturated heterocycles. The number of unbranched alkanes of at least 4 members (excludes halogenated alkanes) is 3. The van der Waals surface area contributed by atoms with Crippen molar-refractivity contribution in [3.05, 3.63) is 18.2 Å². The Morgan fingerprint density at radius 3 is 2.57 bits per heavy atom. The van der Waals surface area contributed by atoms with Crippen LogP contribution in [0.2, 0.25) is 0 Å². The average Bonchev–Trinajstić information content (AvgIpc) is 2.42. The molecule has 0 radical (unpaired) electrons. The fraction of sp³-hybridized carbons (Fsp3) is 0.600. The third-order valence-electron chi connectivity index (χ3n) is 3.35. The molecule has 0 spiro atoms. The van der Waals surface area contributed by atoms with E-state index >= 15 is 0 Å². The Bertz CT molecular complexity index is 544. The molecule has 1 atom stereocenters. The predicted octanol–water partition coefficient (Wildman–Crippen LogP) is 2.91. The molecule has 0 bridgehead atoms. The van der Waals surface area contributed by atoms with Crippen LogP contribution in [-0.4, -0.2) is 21.6 Å². The summed E-state index contributed by atoms with van der Waals surface area (Å²) < 4.78 is 32.3. The van der Waals surface area contributed by atoms with Gasteiger partial charge in [-0.3, -0.25) is 0 Å². The number of nitrogens with two attached hydrogens (primary N) is 1. The van der Waals surface area contributed by atoms with Crippen molar-refractivity contribution in [2.45, 2.75) is 56.9 Å². The summed E-state index contributed by atoms with van der Waals surface area (Å²) in [5.41, 5.74) is 5.99. The van der Waals surface area contributed by atoms with E-state index in [9.17, 15) is 8.42 Å². The van der Waals surface area contributed by atoms with E-state index in [-0.39, 0.29) is 16.6 Å². The molecule has 120 valence electrons. The lowest BCUT2D eigenvalue weighted by Gasteiger charge is -2.15. The Balaban J connectivity index is 2.68. The van der Waals surface area contributed by atoms with E-state index in [1.54, 1.807) is 6.07 Å². The van der Waals surface area contributed by atoms with Crippen molar-refractivity contribution in [3.8, 4) is 5.75 Å². The Morgan fingerprint density at radius 2 is 2.00 bits per heavy atom. The summed E-state index contributed by atoms with van der Waals surface area (Å²) in [4.78, 5) is 0.101. The first kappa shape index (κ1) is 17.8. The fourth-order valence-corrected chi connectivity index (χ4v) is 3.55. The summed E-state index contributed by atoms with van der Waals surface area (Å²) in [6.07, 6.45) is 5.34. The van der Waals surface area contributed by atoms with Crippen LogP contribution in [0.15, 0.2) is 23.1 Å². The largest absolute Gasteiger partial charge is 0.497 e. The molecule has 1 aromatic rings. The second kappa shape index (κ2) is 8.24. The van der Waals surface area contributed by atoms with Crippen LogP contribution in [0.3, 0.4) is 0 Å². The maximum atomic E-state index is 12.3. The Kier molecular flexibility index (Phi) is 6.98. The molecule has 0 aliphatic carbocycles. The summed E-state index contributed by atoms with van der Waals surface area (Å²) in [7, 11) is -2.07. The van der Waals surface area contributed by atoms with Gasteiger partial charge in [0.1, 0.15) is 10.6 Å². The second-order valence-electron chi connectivity index (χ2n) is 5.28. The van der Waals surface area contributed by atoms with Gasteiger partial charge >= 0.3 is 0 Å². The van der Waals surface area contributed by atoms with Crippen molar-refractivity contribution in [2.24, 2.45) is 0 Å². The first-order chi connectivity index (χ1) is 9.90. The molecule has 21 heavy (non-hydrogen) atoms. The normalized spacial score (nSPS) is 13.1. The minimum absolute atomic E-state index is 0.101. The lowest BCUT2D eigenvalue weighted by atomic mass is 10.1. The zero-order valence-corrected chi connectivity index (χ0v) is 13.9. The minimum atomic E-state index is -3.59. The Morgan fingerprint density at radius 1 is 1.29 bits per heavy atom. The number of anilines is 1. The lowest BCUT2D eigenvalue weighted by molar-refractivity contribution is 0.414. The molecule has 0 heterocycles. The van der Waals surface area contributed by atoms with Crippen LogP contribution < -0.4 is 15.2 Å². The van der Waals surface area contributed by atoms with E-state index in [4.69, 9.17) is 10.5 Å². The molecule has 0 aliphatic heterocycles. The maximum absolute atomic E-state index is 12.3. The van der Waals surface area contributed by atoms with Crippen LogP contribution in [0.1, 0.15) is 46.0 Å². The topological polar surface area (TPSA) is 81.4 Å². The molecular formula is C15H26N2O3S. The molecule has 5 nitrogen and oxygen atoms in total. The highest BCUT2D eigenvalue weighted by atomic mass is 32.2. The van der Waals surface area contributed by atoms with Gasteiger partial charge in [0, 0.05) is 12.1 Å². The van der Waals surface area contributed by atoms with Gasteiger partial charge in [0.2, 0.25) is 10.0 Å². The molecule has 1 unspecified atom stereocenters. The number of hydrogen-bond donors (Lipinski definition) is 2. The molecule has 6 heteroatoms. The monoisotopic (exact) mass is 314 g/mol. The molecule has 0 amide bonds. The van der Waals surface area contributed by atoms with E-state index in [1.165, 1.54) is 32.1 Å². The molecule has 1 aromatic carbocycles. The number of sulfonamides is 1. The van der Waals surface area contributed by atoms with Crippen molar-refractivity contribution in [2.75, 3.05) is 12.8 Å². The minimum Gasteiger partial charge on any atom is -0.497 e. The van der Waals surface area contributed by atoms with Gasteiger partial charge in [-0.15, -0.1) is 0 Å². The Hall–Kier alpha value is -1.27. The second-order valence-corrected chi connectivity index (χ2v) is 6.96. The number of rotatable bonds is 9. The standard InChI is InChI=1S/C15H26N2O3S/c1-4-5-6-7-8-12(2)17-21(18,19)15-10-9-13(20-3)11-14(15)16/h9-12,17H,4-8,16H2,1-3H3. The molecule has 0 saturated carbocycles. The van der Waals surface area contributed by atoms with Crippen LogP contribution in [0.4, 0.5) is 5.69 Å². The summed E-state index contributed by atoms with van der Waals surface area (Å²) in [5, 5.41) is 0. The van der Waals surface area contributed by atoms with Crippen molar-refractivity contribution in [1.82, 2.24) is 4.72 Å². The van der Waals surface area contributed by atoms with Crippen LogP contribution in [0, 0.1) is 0 Å². The first-order valence-electron chi connectivity index (χ1n) is 7.36. The number of ether oxygens (including phenoxy) is 1. The van der Waals surface area contributed by atoms with Gasteiger partial charge in [-0.1, -0.05) is 32.6 Å². The van der Waals surface area contributed by atoms with Gasteiger partial charge in [-0.05, 0) is 25.5 Å². The van der Waals surface area contributed by atoms with Crippen molar-refractivity contribution in [1.29, 1.82) is 0 Å². The van der Waals surface area contributed by atoms with Crippen molar-refractivity contribution >= 4 is 15.7 Å². The summed E-state index contributed by atoms with van der Waals surface area (Å²) in [6.45, 7) is 4.03. The summed E-state index contributed by atoms with van der Waals surface area (Å²) in [5.74, 6) is 0.541. The zero-order chi connectivity index (χ0) is 15.9. The molecule has 0 aliphatic rings. The van der Waals surface area contributed by atoms with E-state index < -0.39 is 10.0 Å². The Labute approximate surface area is 127 Å². The van der Waals surface area contributed by atoms with Crippen molar-refractivity contribution < 1.29 is 13.2 Å². The molecule has 0 aromatic heterocycles. The lowest BCUT2D eigenvalue weighted by Crippen LogP contribution is -2.33. The van der Waals surface area contributed by atoms with Crippen LogP contribution in [0.25, 0.3) is 0 Å². The van der Waals surface area contributed by atoms with Gasteiger partial charge in [-0.2, -0.15) is 0 Å². The maximum Gasteiger partial charge on any atom is 0.242 e. The quantitative estimate of drug-likeness (QED) is 0.542. The van der Waals surface area contributed by atoms with Crippen LogP contribution >= 0.6 is 0 Å². The molecule has 1 rings (SSSR count). The zero-order valence-electron chi connectivity index (χ0n) is 13.1. The highest BCUT2D eigenvalue weighted by Gasteiger charge is 2.20. The van der Waals surface area contributed by atoms with Gasteiger partial charge in [0.05, 0.1) is 12.8 Å². The van der Waals surface area contributed by atoms with Gasteiger partial charge < -0.3 is 10.5 Å². The number of hydrogen-bond acceptors (Lipinski definition) is 4. The number of benzene rings is 1. The number of methoxy groups -OCH3 is 1. The van der Waals surface area contributed by atoms with E-state index in [1.807, 2.05) is 6.92 Å².